The molecule has 142 valence electrons. The number of halogens is 3. The Hall–Kier alpha value is -1.58. The van der Waals surface area contributed by atoms with Crippen LogP contribution in [-0.2, 0) is 10.2 Å². The Morgan fingerprint density at radius 1 is 1.22 bits per heavy atom. The Balaban J connectivity index is 2.04. The van der Waals surface area contributed by atoms with Crippen molar-refractivity contribution in [1.82, 2.24) is 9.97 Å². The molecule has 0 bridgehead atoms. The number of nitrogens with one attached hydrogen (secondary N) is 1. The molecular weight excluding hydrogens is 465 g/mol. The highest BCUT2D eigenvalue weighted by Gasteiger charge is 2.51. The third-order valence-electron chi connectivity index (χ3n) is 3.89. The molecule has 3 aromatic rings. The number of hydrogen-bond acceptors (Lipinski definition) is 4. The molecule has 27 heavy (non-hydrogen) atoms. The fourth-order valence-corrected chi connectivity index (χ4v) is 4.08. The molecule has 2 aromatic carbocycles. The van der Waals surface area contributed by atoms with Crippen molar-refractivity contribution < 1.29 is 23.1 Å². The van der Waals surface area contributed by atoms with E-state index in [-0.39, 0.29) is 15.9 Å². The minimum absolute atomic E-state index is 0.199. The Morgan fingerprint density at radius 2 is 1.89 bits per heavy atom. The third-order valence-corrected chi connectivity index (χ3v) is 6.06. The molecule has 0 saturated carbocycles. The summed E-state index contributed by atoms with van der Waals surface area (Å²) in [6.07, 6.45) is 0. The van der Waals surface area contributed by atoms with E-state index in [4.69, 9.17) is 9.79 Å². The molecule has 1 atom stereocenters. The molecule has 11 heteroatoms. The van der Waals surface area contributed by atoms with E-state index in [1.54, 1.807) is 24.3 Å². The first-order valence-electron chi connectivity index (χ1n) is 7.43. The van der Waals surface area contributed by atoms with Gasteiger partial charge in [0, 0.05) is 10.0 Å². The van der Waals surface area contributed by atoms with Gasteiger partial charge in [-0.1, -0.05) is 40.2 Å². The standard InChI is InChI=1S/C16H12BrF2N2O4PS/c17-11-7-8(5-6-10(11)16(18,19)26(23,24)25)13(27)14-20-12-4-2-1-3-9(12)15(22)21-14/h1-7,13,27H,(H,20,21,22)(H2,23,24,25). The van der Waals surface area contributed by atoms with Gasteiger partial charge in [0.25, 0.3) is 5.56 Å². The van der Waals surface area contributed by atoms with Crippen LogP contribution in [0.3, 0.4) is 0 Å². The van der Waals surface area contributed by atoms with Crippen LogP contribution in [0.25, 0.3) is 10.9 Å². The summed E-state index contributed by atoms with van der Waals surface area (Å²) in [6.45, 7) is 0. The number of fused-ring (bicyclic) bond motifs is 1. The summed E-state index contributed by atoms with van der Waals surface area (Å²) in [5.74, 6) is 0.212. The van der Waals surface area contributed by atoms with Crippen LogP contribution in [0.2, 0.25) is 0 Å². The second kappa shape index (κ2) is 7.10. The number of para-hydroxylation sites is 1. The van der Waals surface area contributed by atoms with Gasteiger partial charge >= 0.3 is 13.3 Å². The van der Waals surface area contributed by atoms with Crippen molar-refractivity contribution >= 4 is 47.1 Å². The second-order valence-electron chi connectivity index (χ2n) is 5.70. The summed E-state index contributed by atoms with van der Waals surface area (Å²) in [5.41, 5.74) is -4.70. The summed E-state index contributed by atoms with van der Waals surface area (Å²) in [5, 5.41) is -0.351. The largest absolute Gasteiger partial charge is 0.399 e. The Morgan fingerprint density at radius 3 is 2.52 bits per heavy atom. The molecule has 0 spiro atoms. The van der Waals surface area contributed by atoms with Crippen molar-refractivity contribution in [2.24, 2.45) is 0 Å². The first-order valence-corrected chi connectivity index (χ1v) is 10.3. The maximum atomic E-state index is 13.9. The van der Waals surface area contributed by atoms with Crippen LogP contribution in [0.1, 0.15) is 22.2 Å². The summed E-state index contributed by atoms with van der Waals surface area (Å²) >= 11 is 7.32. The highest BCUT2D eigenvalue weighted by atomic mass is 79.9. The lowest BCUT2D eigenvalue weighted by atomic mass is 10.1. The number of hydrogen-bond donors (Lipinski definition) is 4. The topological polar surface area (TPSA) is 103 Å². The van der Waals surface area contributed by atoms with E-state index >= 15 is 0 Å². The minimum Gasteiger partial charge on any atom is -0.320 e. The number of aromatic amines is 1. The van der Waals surface area contributed by atoms with Crippen molar-refractivity contribution in [2.75, 3.05) is 0 Å². The highest BCUT2D eigenvalue weighted by Crippen LogP contribution is 2.60. The number of rotatable bonds is 4. The number of alkyl halides is 2. The zero-order valence-electron chi connectivity index (χ0n) is 13.3. The van der Waals surface area contributed by atoms with E-state index in [2.05, 4.69) is 38.5 Å². The van der Waals surface area contributed by atoms with E-state index in [0.29, 0.717) is 16.5 Å². The van der Waals surface area contributed by atoms with Gasteiger partial charge in [0.2, 0.25) is 0 Å². The van der Waals surface area contributed by atoms with Gasteiger partial charge in [0.15, 0.2) is 0 Å². The van der Waals surface area contributed by atoms with E-state index in [1.165, 1.54) is 12.1 Å². The zero-order chi connectivity index (χ0) is 20.0. The maximum Gasteiger partial charge on any atom is 0.399 e. The Kier molecular flexibility index (Phi) is 5.31. The fourth-order valence-electron chi connectivity index (χ4n) is 2.49. The first-order chi connectivity index (χ1) is 12.5. The lowest BCUT2D eigenvalue weighted by molar-refractivity contribution is 0.0557. The molecular formula is C16H12BrF2N2O4PS. The molecule has 0 amide bonds. The second-order valence-corrected chi connectivity index (χ2v) is 8.72. The van der Waals surface area contributed by atoms with Gasteiger partial charge in [-0.25, -0.2) is 4.98 Å². The van der Waals surface area contributed by atoms with Crippen LogP contribution in [0.15, 0.2) is 51.7 Å². The van der Waals surface area contributed by atoms with E-state index < -0.39 is 24.1 Å². The number of H-pyrrole nitrogens is 1. The number of thiol groups is 1. The van der Waals surface area contributed by atoms with Crippen LogP contribution in [-0.4, -0.2) is 19.8 Å². The number of aromatic nitrogens is 2. The summed E-state index contributed by atoms with van der Waals surface area (Å²) in [6, 6.07) is 10.1. The molecule has 0 fully saturated rings. The molecule has 0 aliphatic rings. The van der Waals surface area contributed by atoms with Crippen molar-refractivity contribution in [2.45, 2.75) is 10.9 Å². The fraction of sp³-hybridized carbons (Fsp3) is 0.125. The normalized spacial score (nSPS) is 13.7. The summed E-state index contributed by atoms with van der Waals surface area (Å²) < 4.78 is 38.7. The Bertz CT molecular complexity index is 1130. The summed E-state index contributed by atoms with van der Waals surface area (Å²) in [4.78, 5) is 36.9. The van der Waals surface area contributed by atoms with Crippen LogP contribution in [0.4, 0.5) is 8.78 Å². The van der Waals surface area contributed by atoms with Gasteiger partial charge in [-0.15, -0.1) is 0 Å². The first kappa shape index (κ1) is 20.2. The molecule has 0 aliphatic heterocycles. The SMILES string of the molecule is O=c1[nH]c(C(S)c2ccc(C(F)(F)P(=O)(O)O)c(Br)c2)nc2ccccc12. The predicted octanol–water partition coefficient (Wildman–Crippen LogP) is 3.93. The van der Waals surface area contributed by atoms with E-state index in [0.717, 1.165) is 6.07 Å². The highest BCUT2D eigenvalue weighted by molar-refractivity contribution is 9.10. The van der Waals surface area contributed by atoms with Crippen molar-refractivity contribution in [3.63, 3.8) is 0 Å². The average Bonchev–Trinajstić information content (AvgIpc) is 2.59. The lowest BCUT2D eigenvalue weighted by Gasteiger charge is -2.20. The molecule has 1 aromatic heterocycles. The van der Waals surface area contributed by atoms with Gasteiger partial charge in [-0.3, -0.25) is 9.36 Å². The van der Waals surface area contributed by atoms with Gasteiger partial charge in [0.05, 0.1) is 16.2 Å². The van der Waals surface area contributed by atoms with Crippen LogP contribution >= 0.6 is 36.2 Å². The van der Waals surface area contributed by atoms with Gasteiger partial charge < -0.3 is 14.8 Å². The predicted molar refractivity (Wildman–Crippen MR) is 103 cm³/mol. The van der Waals surface area contributed by atoms with E-state index in [9.17, 15) is 18.1 Å². The number of benzene rings is 2. The van der Waals surface area contributed by atoms with E-state index in [1.807, 2.05) is 0 Å². The maximum absolute atomic E-state index is 13.9. The monoisotopic (exact) mass is 476 g/mol. The zero-order valence-corrected chi connectivity index (χ0v) is 16.7. The van der Waals surface area contributed by atoms with Gasteiger partial charge in [-0.05, 0) is 23.8 Å². The molecule has 0 saturated heterocycles. The minimum atomic E-state index is -5.69. The molecule has 0 radical (unpaired) electrons. The molecule has 6 nitrogen and oxygen atoms in total. The number of nitrogens with zero attached hydrogens (tertiary/aromatic N) is 1. The Labute approximate surface area is 165 Å². The lowest BCUT2D eigenvalue weighted by Crippen LogP contribution is -2.15. The molecule has 0 aliphatic carbocycles. The molecule has 1 unspecified atom stereocenters. The van der Waals surface area contributed by atoms with Crippen molar-refractivity contribution in [3.8, 4) is 0 Å². The molecule has 3 N–H and O–H groups in total. The molecule has 3 rings (SSSR count). The van der Waals surface area contributed by atoms with Gasteiger partial charge in [0.1, 0.15) is 5.82 Å². The van der Waals surface area contributed by atoms with Crippen molar-refractivity contribution in [3.05, 3.63) is 74.2 Å². The van der Waals surface area contributed by atoms with Crippen LogP contribution < -0.4 is 5.56 Å². The molecule has 1 heterocycles. The van der Waals surface area contributed by atoms with Gasteiger partial charge in [-0.2, -0.15) is 21.4 Å². The summed E-state index contributed by atoms with van der Waals surface area (Å²) in [7, 11) is -5.69. The third kappa shape index (κ3) is 3.72. The van der Waals surface area contributed by atoms with Crippen molar-refractivity contribution in [1.29, 1.82) is 0 Å². The average molecular weight is 477 g/mol. The van der Waals surface area contributed by atoms with Crippen LogP contribution in [0.5, 0.6) is 0 Å². The quantitative estimate of drug-likeness (QED) is 0.337. The smallest absolute Gasteiger partial charge is 0.320 e. The van der Waals surface area contributed by atoms with Crippen LogP contribution in [0, 0.1) is 0 Å².